The minimum atomic E-state index is -0.811. The number of benzene rings is 2. The molecule has 1 fully saturated rings. The van der Waals surface area contributed by atoms with Gasteiger partial charge in [-0.1, -0.05) is 41.9 Å². The molecule has 6 nitrogen and oxygen atoms in total. The van der Waals surface area contributed by atoms with E-state index in [1.165, 1.54) is 23.4 Å². The first kappa shape index (κ1) is 19.9. The highest BCUT2D eigenvalue weighted by atomic mass is 35.5. The summed E-state index contributed by atoms with van der Waals surface area (Å²) in [4.78, 5) is 40.5. The third-order valence-corrected chi connectivity index (χ3v) is 5.02. The van der Waals surface area contributed by atoms with Crippen molar-refractivity contribution in [3.63, 3.8) is 0 Å². The Hall–Kier alpha value is -2.86. The number of nitrogens with one attached hydrogen (secondary N) is 1. The Bertz CT molecular complexity index is 892. The molecule has 0 spiro atoms. The van der Waals surface area contributed by atoms with Crippen molar-refractivity contribution in [1.82, 2.24) is 10.2 Å². The van der Waals surface area contributed by atoms with Crippen LogP contribution in [0, 0.1) is 6.92 Å². The van der Waals surface area contributed by atoms with Crippen molar-refractivity contribution in [3.05, 3.63) is 64.7 Å². The van der Waals surface area contributed by atoms with Gasteiger partial charge >= 0.3 is 0 Å². The minimum Gasteiger partial charge on any atom is -0.368 e. The molecule has 0 atom stereocenters. The number of ketones is 1. The Labute approximate surface area is 169 Å². The maximum absolute atomic E-state index is 12.4. The van der Waals surface area contributed by atoms with Crippen LogP contribution in [-0.2, 0) is 9.59 Å². The first-order valence-electron chi connectivity index (χ1n) is 9.12. The Morgan fingerprint density at radius 1 is 1.00 bits per heavy atom. The third-order valence-electron chi connectivity index (χ3n) is 4.78. The fourth-order valence-electron chi connectivity index (χ4n) is 3.22. The van der Waals surface area contributed by atoms with E-state index in [0.717, 1.165) is 13.1 Å². The Morgan fingerprint density at radius 2 is 1.71 bits per heavy atom. The maximum Gasteiger partial charge on any atom is 0.292 e. The summed E-state index contributed by atoms with van der Waals surface area (Å²) in [5, 5.41) is 2.79. The standard InChI is InChI=1S/C21H22ClN3O3/c1-15-5-2-3-8-18(15)24-9-11-25(12-10-24)19(26)14-23-21(28)20(27)16-6-4-7-17(22)13-16/h2-8,13H,9-12,14H2,1H3,(H,23,28). The first-order chi connectivity index (χ1) is 13.5. The molecule has 28 heavy (non-hydrogen) atoms. The van der Waals surface area contributed by atoms with Gasteiger partial charge in [-0.05, 0) is 30.7 Å². The zero-order chi connectivity index (χ0) is 20.1. The molecular weight excluding hydrogens is 378 g/mol. The van der Waals surface area contributed by atoms with Crippen LogP contribution in [0.4, 0.5) is 5.69 Å². The SMILES string of the molecule is Cc1ccccc1N1CCN(C(=O)CNC(=O)C(=O)c2cccc(Cl)c2)CC1. The molecule has 0 aliphatic carbocycles. The lowest BCUT2D eigenvalue weighted by Crippen LogP contribution is -2.51. The number of para-hydroxylation sites is 1. The highest BCUT2D eigenvalue weighted by molar-refractivity contribution is 6.43. The molecule has 1 aliphatic heterocycles. The average molecular weight is 400 g/mol. The van der Waals surface area contributed by atoms with Crippen LogP contribution in [-0.4, -0.2) is 55.2 Å². The lowest BCUT2D eigenvalue weighted by Gasteiger charge is -2.36. The molecule has 0 aromatic heterocycles. The Kier molecular flexibility index (Phi) is 6.31. The zero-order valence-corrected chi connectivity index (χ0v) is 16.4. The molecule has 0 radical (unpaired) electrons. The minimum absolute atomic E-state index is 0.198. The molecule has 2 amide bonds. The number of anilines is 1. The molecule has 146 valence electrons. The molecule has 7 heteroatoms. The largest absolute Gasteiger partial charge is 0.368 e. The van der Waals surface area contributed by atoms with Crippen LogP contribution < -0.4 is 10.2 Å². The number of amides is 2. The van der Waals surface area contributed by atoms with Gasteiger partial charge in [-0.3, -0.25) is 14.4 Å². The van der Waals surface area contributed by atoms with Crippen LogP contribution in [0.1, 0.15) is 15.9 Å². The topological polar surface area (TPSA) is 69.7 Å². The fraction of sp³-hybridized carbons (Fsp3) is 0.286. The van der Waals surface area contributed by atoms with Gasteiger partial charge in [-0.2, -0.15) is 0 Å². The molecule has 1 N–H and O–H groups in total. The number of aryl methyl sites for hydroxylation is 1. The second-order valence-electron chi connectivity index (χ2n) is 6.68. The van der Waals surface area contributed by atoms with Crippen molar-refractivity contribution in [2.24, 2.45) is 0 Å². The molecule has 2 aromatic rings. The number of hydrogen-bond acceptors (Lipinski definition) is 4. The fourth-order valence-corrected chi connectivity index (χ4v) is 3.41. The number of carbonyl (C=O) groups is 3. The molecule has 0 saturated carbocycles. The second-order valence-corrected chi connectivity index (χ2v) is 7.11. The predicted octanol–water partition coefficient (Wildman–Crippen LogP) is 2.30. The summed E-state index contributed by atoms with van der Waals surface area (Å²) in [5.41, 5.74) is 2.58. The van der Waals surface area contributed by atoms with E-state index in [1.54, 1.807) is 17.0 Å². The molecular formula is C21H22ClN3O3. The van der Waals surface area contributed by atoms with E-state index in [2.05, 4.69) is 29.3 Å². The lowest BCUT2D eigenvalue weighted by molar-refractivity contribution is -0.132. The van der Waals surface area contributed by atoms with Crippen molar-refractivity contribution < 1.29 is 14.4 Å². The molecule has 1 heterocycles. The van der Waals surface area contributed by atoms with Gasteiger partial charge in [0.1, 0.15) is 0 Å². The Balaban J connectivity index is 1.49. The van der Waals surface area contributed by atoms with E-state index in [-0.39, 0.29) is 18.0 Å². The summed E-state index contributed by atoms with van der Waals surface area (Å²) in [7, 11) is 0. The van der Waals surface area contributed by atoms with Crippen LogP contribution in [0.25, 0.3) is 0 Å². The maximum atomic E-state index is 12.4. The number of hydrogen-bond donors (Lipinski definition) is 1. The quantitative estimate of drug-likeness (QED) is 0.618. The van der Waals surface area contributed by atoms with Crippen LogP contribution in [0.5, 0.6) is 0 Å². The molecule has 2 aromatic carbocycles. The number of nitrogens with zero attached hydrogens (tertiary/aromatic N) is 2. The molecule has 0 unspecified atom stereocenters. The molecule has 3 rings (SSSR count). The summed E-state index contributed by atoms with van der Waals surface area (Å²) < 4.78 is 0. The number of Topliss-reactive ketones (excluding diaryl/α,β-unsaturated/α-hetero) is 1. The molecule has 1 saturated heterocycles. The summed E-state index contributed by atoms with van der Waals surface area (Å²) in [6, 6.07) is 14.3. The third kappa shape index (κ3) is 4.70. The van der Waals surface area contributed by atoms with E-state index in [1.807, 2.05) is 12.1 Å². The average Bonchev–Trinajstić information content (AvgIpc) is 2.71. The van der Waals surface area contributed by atoms with Crippen molar-refractivity contribution >= 4 is 34.9 Å². The number of carbonyl (C=O) groups excluding carboxylic acids is 3. The first-order valence-corrected chi connectivity index (χ1v) is 9.50. The number of rotatable bonds is 5. The summed E-state index contributed by atoms with van der Waals surface area (Å²) in [5.74, 6) is -1.72. The van der Waals surface area contributed by atoms with Gasteiger partial charge in [-0.25, -0.2) is 0 Å². The number of halogens is 1. The van der Waals surface area contributed by atoms with Gasteiger partial charge in [0, 0.05) is 42.5 Å². The number of piperazine rings is 1. The van der Waals surface area contributed by atoms with Gasteiger partial charge in [-0.15, -0.1) is 0 Å². The van der Waals surface area contributed by atoms with Gasteiger partial charge in [0.2, 0.25) is 11.7 Å². The van der Waals surface area contributed by atoms with Crippen LogP contribution in [0.15, 0.2) is 48.5 Å². The van der Waals surface area contributed by atoms with Gasteiger partial charge in [0.05, 0.1) is 6.54 Å². The van der Waals surface area contributed by atoms with Crippen molar-refractivity contribution in [2.45, 2.75) is 6.92 Å². The van der Waals surface area contributed by atoms with Gasteiger partial charge < -0.3 is 15.1 Å². The smallest absolute Gasteiger partial charge is 0.292 e. The van der Waals surface area contributed by atoms with E-state index < -0.39 is 11.7 Å². The van der Waals surface area contributed by atoms with Crippen LogP contribution in [0.2, 0.25) is 5.02 Å². The van der Waals surface area contributed by atoms with E-state index in [4.69, 9.17) is 11.6 Å². The predicted molar refractivity (Wildman–Crippen MR) is 109 cm³/mol. The van der Waals surface area contributed by atoms with Crippen molar-refractivity contribution in [1.29, 1.82) is 0 Å². The van der Waals surface area contributed by atoms with E-state index in [9.17, 15) is 14.4 Å². The summed E-state index contributed by atoms with van der Waals surface area (Å²) in [6.07, 6.45) is 0. The molecule has 1 aliphatic rings. The normalized spacial score (nSPS) is 13.9. The Morgan fingerprint density at radius 3 is 2.39 bits per heavy atom. The lowest BCUT2D eigenvalue weighted by atomic mass is 10.1. The highest BCUT2D eigenvalue weighted by Crippen LogP contribution is 2.20. The van der Waals surface area contributed by atoms with Crippen LogP contribution >= 0.6 is 11.6 Å². The summed E-state index contributed by atoms with van der Waals surface area (Å²) in [6.45, 7) is 4.48. The highest BCUT2D eigenvalue weighted by Gasteiger charge is 2.23. The van der Waals surface area contributed by atoms with Crippen molar-refractivity contribution in [2.75, 3.05) is 37.6 Å². The van der Waals surface area contributed by atoms with Gasteiger partial charge in [0.25, 0.3) is 5.91 Å². The molecule has 0 bridgehead atoms. The summed E-state index contributed by atoms with van der Waals surface area (Å²) >= 11 is 5.84. The second kappa shape index (κ2) is 8.89. The van der Waals surface area contributed by atoms with Crippen molar-refractivity contribution in [3.8, 4) is 0 Å². The monoisotopic (exact) mass is 399 g/mol. The van der Waals surface area contributed by atoms with Crippen LogP contribution in [0.3, 0.4) is 0 Å². The van der Waals surface area contributed by atoms with E-state index in [0.29, 0.717) is 18.1 Å². The van der Waals surface area contributed by atoms with Gasteiger partial charge in [0.15, 0.2) is 0 Å². The van der Waals surface area contributed by atoms with E-state index >= 15 is 0 Å². The zero-order valence-electron chi connectivity index (χ0n) is 15.7.